The van der Waals surface area contributed by atoms with Crippen LogP contribution in [0.25, 0.3) is 0 Å². The molecule has 2 aromatic rings. The van der Waals surface area contributed by atoms with Crippen molar-refractivity contribution in [2.24, 2.45) is 0 Å². The molecule has 1 saturated heterocycles. The quantitative estimate of drug-likeness (QED) is 0.405. The Hall–Kier alpha value is -3.59. The largest absolute Gasteiger partial charge is 0.353 e. The fourth-order valence-electron chi connectivity index (χ4n) is 4.22. The minimum Gasteiger partial charge on any atom is -0.353 e. The molecule has 2 heterocycles. The molecule has 2 aromatic carbocycles. The lowest BCUT2D eigenvalue weighted by molar-refractivity contribution is -0.385. The van der Waals surface area contributed by atoms with E-state index < -0.39 is 16.7 Å². The van der Waals surface area contributed by atoms with Crippen molar-refractivity contribution in [3.8, 4) is 0 Å². The molecule has 0 saturated carbocycles. The summed E-state index contributed by atoms with van der Waals surface area (Å²) in [5.41, 5.74) is 0.715. The highest BCUT2D eigenvalue weighted by Crippen LogP contribution is 2.31. The Labute approximate surface area is 185 Å². The van der Waals surface area contributed by atoms with Crippen molar-refractivity contribution >= 4 is 23.4 Å². The summed E-state index contributed by atoms with van der Waals surface area (Å²) in [5, 5.41) is 14.3. The number of rotatable bonds is 7. The first-order chi connectivity index (χ1) is 15.4. The minimum atomic E-state index is -0.639. The van der Waals surface area contributed by atoms with Crippen molar-refractivity contribution in [3.63, 3.8) is 0 Å². The number of nitro groups is 1. The average Bonchev–Trinajstić information content (AvgIpc) is 3.04. The van der Waals surface area contributed by atoms with Gasteiger partial charge in [-0.05, 0) is 30.9 Å². The average molecular weight is 436 g/mol. The van der Waals surface area contributed by atoms with Crippen molar-refractivity contribution in [1.82, 2.24) is 15.1 Å². The van der Waals surface area contributed by atoms with Crippen LogP contribution in [0, 0.1) is 10.1 Å². The zero-order valence-electron chi connectivity index (χ0n) is 17.5. The normalized spacial score (nSPS) is 16.8. The number of nitro benzene ring substituents is 1. The number of carbonyl (C=O) groups excluding carboxylic acids is 3. The highest BCUT2D eigenvalue weighted by molar-refractivity contribution is 6.23. The number of hydrogen-bond acceptors (Lipinski definition) is 6. The molecule has 9 heteroatoms. The Morgan fingerprint density at radius 3 is 2.44 bits per heavy atom. The maximum absolute atomic E-state index is 12.7. The minimum absolute atomic E-state index is 0.0139. The number of likely N-dealkylation sites (tertiary alicyclic amines) is 1. The summed E-state index contributed by atoms with van der Waals surface area (Å²) < 4.78 is 0. The standard InChI is InChI=1S/C23H24N4O5/c28-20(10-9-16-5-2-1-3-6-16)24-17-11-13-25(14-12-17)15-26-22(29)18-7-4-8-19(27(31)32)21(18)23(26)30/h1-8,17H,9-15H2,(H,24,28). The van der Waals surface area contributed by atoms with Gasteiger partial charge >= 0.3 is 0 Å². The first-order valence-electron chi connectivity index (χ1n) is 10.6. The SMILES string of the molecule is O=C(CCc1ccccc1)NC1CCN(CN2C(=O)c3cccc([N+](=O)[O-])c3C2=O)CC1. The van der Waals surface area contributed by atoms with E-state index in [1.807, 2.05) is 35.2 Å². The lowest BCUT2D eigenvalue weighted by Gasteiger charge is -2.34. The van der Waals surface area contributed by atoms with Crippen molar-refractivity contribution in [2.75, 3.05) is 19.8 Å². The smallest absolute Gasteiger partial charge is 0.282 e. The molecule has 1 N–H and O–H groups in total. The van der Waals surface area contributed by atoms with Crippen LogP contribution in [-0.2, 0) is 11.2 Å². The van der Waals surface area contributed by atoms with E-state index in [0.29, 0.717) is 38.8 Å². The van der Waals surface area contributed by atoms with E-state index >= 15 is 0 Å². The van der Waals surface area contributed by atoms with E-state index in [1.165, 1.54) is 18.2 Å². The molecule has 4 rings (SSSR count). The summed E-state index contributed by atoms with van der Waals surface area (Å²) >= 11 is 0. The topological polar surface area (TPSA) is 113 Å². The molecule has 32 heavy (non-hydrogen) atoms. The van der Waals surface area contributed by atoms with Crippen LogP contribution in [0.1, 0.15) is 45.5 Å². The third kappa shape index (κ3) is 4.52. The van der Waals surface area contributed by atoms with Crippen LogP contribution < -0.4 is 5.32 Å². The molecule has 0 radical (unpaired) electrons. The number of aryl methyl sites for hydroxylation is 1. The Morgan fingerprint density at radius 2 is 1.75 bits per heavy atom. The first-order valence-corrected chi connectivity index (χ1v) is 10.6. The number of imide groups is 1. The van der Waals surface area contributed by atoms with Crippen LogP contribution in [0.5, 0.6) is 0 Å². The van der Waals surface area contributed by atoms with E-state index in [2.05, 4.69) is 5.32 Å². The summed E-state index contributed by atoms with van der Waals surface area (Å²) in [4.78, 5) is 51.3. The Morgan fingerprint density at radius 1 is 1.03 bits per heavy atom. The van der Waals surface area contributed by atoms with Gasteiger partial charge in [-0.1, -0.05) is 36.4 Å². The van der Waals surface area contributed by atoms with Crippen LogP contribution in [0.15, 0.2) is 48.5 Å². The van der Waals surface area contributed by atoms with E-state index in [4.69, 9.17) is 0 Å². The number of benzene rings is 2. The number of carbonyl (C=O) groups is 3. The molecule has 0 bridgehead atoms. The van der Waals surface area contributed by atoms with Gasteiger partial charge < -0.3 is 5.32 Å². The van der Waals surface area contributed by atoms with Gasteiger partial charge in [0.1, 0.15) is 5.56 Å². The Kier molecular flexibility index (Phi) is 6.27. The molecular formula is C23H24N4O5. The van der Waals surface area contributed by atoms with Crippen LogP contribution in [0.2, 0.25) is 0 Å². The van der Waals surface area contributed by atoms with Crippen LogP contribution in [0.4, 0.5) is 5.69 Å². The second-order valence-electron chi connectivity index (χ2n) is 8.08. The maximum atomic E-state index is 12.7. The molecule has 2 aliphatic heterocycles. The van der Waals surface area contributed by atoms with Gasteiger partial charge in [0.15, 0.2) is 0 Å². The number of nitrogens with zero attached hydrogens (tertiary/aromatic N) is 3. The summed E-state index contributed by atoms with van der Waals surface area (Å²) in [6.07, 6.45) is 2.54. The highest BCUT2D eigenvalue weighted by Gasteiger charge is 2.41. The molecule has 1 fully saturated rings. The Bertz CT molecular complexity index is 1050. The summed E-state index contributed by atoms with van der Waals surface area (Å²) in [7, 11) is 0. The van der Waals surface area contributed by atoms with Gasteiger partial charge in [0.2, 0.25) is 5.91 Å². The van der Waals surface area contributed by atoms with Gasteiger partial charge in [-0.2, -0.15) is 0 Å². The lowest BCUT2D eigenvalue weighted by atomic mass is 10.0. The van der Waals surface area contributed by atoms with Crippen molar-refractivity contribution in [1.29, 1.82) is 0 Å². The molecule has 0 aliphatic carbocycles. The van der Waals surface area contributed by atoms with Gasteiger partial charge in [-0.3, -0.25) is 34.3 Å². The molecule has 166 valence electrons. The van der Waals surface area contributed by atoms with E-state index in [0.717, 1.165) is 10.5 Å². The predicted octanol–water partition coefficient (Wildman–Crippen LogP) is 2.36. The van der Waals surface area contributed by atoms with Gasteiger partial charge in [0, 0.05) is 31.6 Å². The number of nitrogens with one attached hydrogen (secondary N) is 1. The predicted molar refractivity (Wildman–Crippen MR) is 116 cm³/mol. The van der Waals surface area contributed by atoms with Gasteiger partial charge in [-0.25, -0.2) is 0 Å². The Balaban J connectivity index is 1.27. The van der Waals surface area contributed by atoms with E-state index in [9.17, 15) is 24.5 Å². The van der Waals surface area contributed by atoms with Crippen LogP contribution in [-0.4, -0.2) is 58.2 Å². The first kappa shape index (κ1) is 21.6. The van der Waals surface area contributed by atoms with Gasteiger partial charge in [0.25, 0.3) is 17.5 Å². The molecule has 3 amide bonds. The van der Waals surface area contributed by atoms with Crippen molar-refractivity contribution in [2.45, 2.75) is 31.7 Å². The molecule has 0 atom stereocenters. The van der Waals surface area contributed by atoms with Crippen LogP contribution >= 0.6 is 0 Å². The fraction of sp³-hybridized carbons (Fsp3) is 0.348. The third-order valence-corrected chi connectivity index (χ3v) is 5.95. The molecule has 0 spiro atoms. The van der Waals surface area contributed by atoms with Gasteiger partial charge in [-0.15, -0.1) is 0 Å². The van der Waals surface area contributed by atoms with E-state index in [-0.39, 0.29) is 35.4 Å². The second-order valence-corrected chi connectivity index (χ2v) is 8.08. The van der Waals surface area contributed by atoms with Crippen molar-refractivity contribution in [3.05, 3.63) is 75.3 Å². The molecule has 2 aliphatic rings. The molecule has 9 nitrogen and oxygen atoms in total. The monoisotopic (exact) mass is 436 g/mol. The maximum Gasteiger partial charge on any atom is 0.282 e. The molecule has 0 unspecified atom stereocenters. The summed E-state index contributed by atoms with van der Waals surface area (Å²) in [6.45, 7) is 1.30. The van der Waals surface area contributed by atoms with E-state index in [1.54, 1.807) is 0 Å². The highest BCUT2D eigenvalue weighted by atomic mass is 16.6. The van der Waals surface area contributed by atoms with Gasteiger partial charge in [0.05, 0.1) is 17.2 Å². The molecule has 0 aromatic heterocycles. The zero-order chi connectivity index (χ0) is 22.7. The zero-order valence-corrected chi connectivity index (χ0v) is 17.5. The molecular weight excluding hydrogens is 412 g/mol. The lowest BCUT2D eigenvalue weighted by Crippen LogP contribution is -2.49. The number of hydrogen-bond donors (Lipinski definition) is 1. The number of piperidine rings is 1. The summed E-state index contributed by atoms with van der Waals surface area (Å²) in [5.74, 6) is -1.13. The fourth-order valence-corrected chi connectivity index (χ4v) is 4.22. The number of fused-ring (bicyclic) bond motifs is 1. The number of amides is 3. The van der Waals surface area contributed by atoms with Crippen molar-refractivity contribution < 1.29 is 19.3 Å². The third-order valence-electron chi connectivity index (χ3n) is 5.95. The van der Waals surface area contributed by atoms with Crippen LogP contribution in [0.3, 0.4) is 0 Å². The summed E-state index contributed by atoms with van der Waals surface area (Å²) in [6, 6.07) is 14.0. The second kappa shape index (κ2) is 9.27.